The second-order valence-corrected chi connectivity index (χ2v) is 5.90. The third-order valence-corrected chi connectivity index (χ3v) is 4.06. The maximum absolute atomic E-state index is 12.4. The van der Waals surface area contributed by atoms with E-state index in [0.717, 1.165) is 43.3 Å². The van der Waals surface area contributed by atoms with Crippen LogP contribution >= 0.6 is 0 Å². The number of rotatable bonds is 4. The summed E-state index contributed by atoms with van der Waals surface area (Å²) in [5.74, 6) is 2.22. The Hall–Kier alpha value is -2.07. The molecule has 2 aromatic rings. The Morgan fingerprint density at radius 1 is 1.23 bits per heavy atom. The fourth-order valence-electron chi connectivity index (χ4n) is 2.78. The number of hydrogen-bond donors (Lipinski definition) is 0. The standard InChI is InChI=1S/C18H21NO3/c1-13-3-8-17(22-13)15-4-6-16(7-5-15)18(20)19(2)11-14-9-10-21-12-14/h3-8,14H,9-12H2,1-2H3/t14-/m1/s1. The molecule has 22 heavy (non-hydrogen) atoms. The molecule has 1 fully saturated rings. The Labute approximate surface area is 130 Å². The van der Waals surface area contributed by atoms with Gasteiger partial charge in [-0.1, -0.05) is 12.1 Å². The Balaban J connectivity index is 1.67. The summed E-state index contributed by atoms with van der Waals surface area (Å²) in [5.41, 5.74) is 1.69. The first kappa shape index (κ1) is 14.9. The van der Waals surface area contributed by atoms with Crippen molar-refractivity contribution in [1.29, 1.82) is 0 Å². The maximum Gasteiger partial charge on any atom is 0.253 e. The van der Waals surface area contributed by atoms with Crippen molar-refractivity contribution in [2.45, 2.75) is 13.3 Å². The minimum atomic E-state index is 0.0501. The van der Waals surface area contributed by atoms with Crippen molar-refractivity contribution in [3.05, 3.63) is 47.7 Å². The van der Waals surface area contributed by atoms with Gasteiger partial charge >= 0.3 is 0 Å². The first-order valence-electron chi connectivity index (χ1n) is 7.63. The van der Waals surface area contributed by atoms with Gasteiger partial charge in [-0.25, -0.2) is 0 Å². The van der Waals surface area contributed by atoms with E-state index < -0.39 is 0 Å². The zero-order valence-corrected chi connectivity index (χ0v) is 13.0. The molecule has 4 heteroatoms. The highest BCUT2D eigenvalue weighted by Gasteiger charge is 2.20. The molecule has 1 saturated heterocycles. The molecule has 0 aliphatic carbocycles. The summed E-state index contributed by atoms with van der Waals surface area (Å²) in [6, 6.07) is 11.5. The molecule has 0 radical (unpaired) electrons. The number of furan rings is 1. The molecule has 1 aromatic carbocycles. The van der Waals surface area contributed by atoms with Crippen LogP contribution in [0.25, 0.3) is 11.3 Å². The Morgan fingerprint density at radius 2 is 2.00 bits per heavy atom. The maximum atomic E-state index is 12.4. The minimum absolute atomic E-state index is 0.0501. The average Bonchev–Trinajstić information content (AvgIpc) is 3.18. The van der Waals surface area contributed by atoms with E-state index in [1.807, 2.05) is 50.4 Å². The van der Waals surface area contributed by atoms with Gasteiger partial charge in [-0.05, 0) is 37.6 Å². The minimum Gasteiger partial charge on any atom is -0.461 e. The second kappa shape index (κ2) is 6.36. The van der Waals surface area contributed by atoms with E-state index in [1.54, 1.807) is 4.90 Å². The fourth-order valence-corrected chi connectivity index (χ4v) is 2.78. The van der Waals surface area contributed by atoms with Crippen molar-refractivity contribution in [1.82, 2.24) is 4.90 Å². The first-order chi connectivity index (χ1) is 10.6. The van der Waals surface area contributed by atoms with Gasteiger partial charge in [0, 0.05) is 37.2 Å². The lowest BCUT2D eigenvalue weighted by molar-refractivity contribution is 0.0766. The molecule has 116 valence electrons. The molecular weight excluding hydrogens is 278 g/mol. The van der Waals surface area contributed by atoms with E-state index in [2.05, 4.69) is 0 Å². The highest BCUT2D eigenvalue weighted by Crippen LogP contribution is 2.22. The third kappa shape index (κ3) is 3.22. The zero-order valence-electron chi connectivity index (χ0n) is 13.0. The van der Waals surface area contributed by atoms with Crippen LogP contribution in [0.1, 0.15) is 22.5 Å². The Kier molecular flexibility index (Phi) is 4.29. The number of benzene rings is 1. The van der Waals surface area contributed by atoms with Crippen LogP contribution in [-0.2, 0) is 4.74 Å². The van der Waals surface area contributed by atoms with Crippen molar-refractivity contribution >= 4 is 5.91 Å². The summed E-state index contributed by atoms with van der Waals surface area (Å²) in [6.45, 7) is 4.24. The lowest BCUT2D eigenvalue weighted by Crippen LogP contribution is -2.32. The van der Waals surface area contributed by atoms with E-state index >= 15 is 0 Å². The number of hydrogen-bond acceptors (Lipinski definition) is 3. The van der Waals surface area contributed by atoms with Crippen molar-refractivity contribution < 1.29 is 13.9 Å². The number of carbonyl (C=O) groups excluding carboxylic acids is 1. The fraction of sp³-hybridized carbons (Fsp3) is 0.389. The van der Waals surface area contributed by atoms with Gasteiger partial charge in [0.05, 0.1) is 6.61 Å². The zero-order chi connectivity index (χ0) is 15.5. The molecule has 0 unspecified atom stereocenters. The second-order valence-electron chi connectivity index (χ2n) is 5.90. The molecule has 1 atom stereocenters. The number of carbonyl (C=O) groups is 1. The van der Waals surface area contributed by atoms with E-state index in [-0.39, 0.29) is 5.91 Å². The monoisotopic (exact) mass is 299 g/mol. The van der Waals surface area contributed by atoms with Crippen LogP contribution in [0.4, 0.5) is 0 Å². The van der Waals surface area contributed by atoms with Gasteiger partial charge < -0.3 is 14.1 Å². The predicted octanol–water partition coefficient (Wildman–Crippen LogP) is 3.36. The SMILES string of the molecule is Cc1ccc(-c2ccc(C(=O)N(C)C[C@H]3CCOC3)cc2)o1. The molecule has 4 nitrogen and oxygen atoms in total. The molecule has 0 saturated carbocycles. The summed E-state index contributed by atoms with van der Waals surface area (Å²) in [4.78, 5) is 14.2. The quantitative estimate of drug-likeness (QED) is 0.869. The average molecular weight is 299 g/mol. The summed E-state index contributed by atoms with van der Waals surface area (Å²) in [7, 11) is 1.85. The summed E-state index contributed by atoms with van der Waals surface area (Å²) in [5, 5.41) is 0. The molecule has 0 bridgehead atoms. The number of aryl methyl sites for hydroxylation is 1. The van der Waals surface area contributed by atoms with Crippen LogP contribution in [0.3, 0.4) is 0 Å². The van der Waals surface area contributed by atoms with Crippen LogP contribution in [-0.4, -0.2) is 37.6 Å². The molecule has 1 aliphatic heterocycles. The van der Waals surface area contributed by atoms with Gasteiger partial charge in [-0.3, -0.25) is 4.79 Å². The van der Waals surface area contributed by atoms with Crippen LogP contribution < -0.4 is 0 Å². The van der Waals surface area contributed by atoms with Crippen molar-refractivity contribution in [3.8, 4) is 11.3 Å². The third-order valence-electron chi connectivity index (χ3n) is 4.06. The largest absolute Gasteiger partial charge is 0.461 e. The Bertz CT molecular complexity index is 639. The van der Waals surface area contributed by atoms with Gasteiger partial charge in [-0.15, -0.1) is 0 Å². The van der Waals surface area contributed by atoms with Crippen LogP contribution in [0.5, 0.6) is 0 Å². The topological polar surface area (TPSA) is 42.7 Å². The van der Waals surface area contributed by atoms with Gasteiger partial charge in [0.1, 0.15) is 11.5 Å². The summed E-state index contributed by atoms with van der Waals surface area (Å²) < 4.78 is 11.0. The van der Waals surface area contributed by atoms with E-state index in [1.165, 1.54) is 0 Å². The van der Waals surface area contributed by atoms with Crippen molar-refractivity contribution in [2.75, 3.05) is 26.8 Å². The summed E-state index contributed by atoms with van der Waals surface area (Å²) >= 11 is 0. The first-order valence-corrected chi connectivity index (χ1v) is 7.63. The van der Waals surface area contributed by atoms with Crippen molar-refractivity contribution in [3.63, 3.8) is 0 Å². The lowest BCUT2D eigenvalue weighted by Gasteiger charge is -2.20. The van der Waals surface area contributed by atoms with Crippen LogP contribution in [0.2, 0.25) is 0 Å². The molecule has 1 aliphatic rings. The van der Waals surface area contributed by atoms with E-state index in [9.17, 15) is 4.79 Å². The highest BCUT2D eigenvalue weighted by atomic mass is 16.5. The molecular formula is C18H21NO3. The predicted molar refractivity (Wildman–Crippen MR) is 84.8 cm³/mol. The number of nitrogens with zero attached hydrogens (tertiary/aromatic N) is 1. The Morgan fingerprint density at radius 3 is 2.59 bits per heavy atom. The molecule has 1 aromatic heterocycles. The molecule has 1 amide bonds. The lowest BCUT2D eigenvalue weighted by atomic mass is 10.1. The molecule has 3 rings (SSSR count). The smallest absolute Gasteiger partial charge is 0.253 e. The van der Waals surface area contributed by atoms with E-state index in [4.69, 9.17) is 9.15 Å². The van der Waals surface area contributed by atoms with Gasteiger partial charge in [0.25, 0.3) is 5.91 Å². The molecule has 2 heterocycles. The highest BCUT2D eigenvalue weighted by molar-refractivity contribution is 5.94. The molecule has 0 N–H and O–H groups in total. The van der Waals surface area contributed by atoms with Gasteiger partial charge in [0.15, 0.2) is 0 Å². The normalized spacial score (nSPS) is 17.6. The number of ether oxygens (including phenoxy) is 1. The molecule has 0 spiro atoms. The summed E-state index contributed by atoms with van der Waals surface area (Å²) in [6.07, 6.45) is 1.04. The van der Waals surface area contributed by atoms with Crippen molar-refractivity contribution in [2.24, 2.45) is 5.92 Å². The van der Waals surface area contributed by atoms with Gasteiger partial charge in [0.2, 0.25) is 0 Å². The van der Waals surface area contributed by atoms with Crippen LogP contribution in [0, 0.1) is 12.8 Å². The number of amides is 1. The van der Waals surface area contributed by atoms with Gasteiger partial charge in [-0.2, -0.15) is 0 Å². The van der Waals surface area contributed by atoms with Crippen LogP contribution in [0.15, 0.2) is 40.8 Å². The van der Waals surface area contributed by atoms with E-state index in [0.29, 0.717) is 11.5 Å².